The van der Waals surface area contributed by atoms with E-state index in [2.05, 4.69) is 48.1 Å². The van der Waals surface area contributed by atoms with E-state index in [-0.39, 0.29) is 5.41 Å². The maximum Gasteiger partial charge on any atom is 0.0683 e. The first kappa shape index (κ1) is 15.8. The minimum Gasteiger partial charge on any atom is -0.350 e. The van der Waals surface area contributed by atoms with Gasteiger partial charge < -0.3 is 9.88 Å². The van der Waals surface area contributed by atoms with Crippen LogP contribution in [0.15, 0.2) is 18.3 Å². The Bertz CT molecular complexity index is 410. The summed E-state index contributed by atoms with van der Waals surface area (Å²) < 4.78 is 2.29. The van der Waals surface area contributed by atoms with Gasteiger partial charge in [-0.15, -0.1) is 0 Å². The summed E-state index contributed by atoms with van der Waals surface area (Å²) in [6.45, 7) is 11.4. The molecule has 0 aliphatic rings. The van der Waals surface area contributed by atoms with Crippen LogP contribution in [0.1, 0.15) is 46.2 Å². The maximum absolute atomic E-state index is 9.01. The molecule has 106 valence electrons. The molecule has 0 unspecified atom stereocenters. The number of rotatable bonds is 8. The van der Waals surface area contributed by atoms with Crippen molar-refractivity contribution < 1.29 is 0 Å². The Morgan fingerprint density at radius 1 is 1.42 bits per heavy atom. The summed E-state index contributed by atoms with van der Waals surface area (Å²) in [6.07, 6.45) is 4.12. The van der Waals surface area contributed by atoms with Crippen molar-refractivity contribution in [3.05, 3.63) is 24.0 Å². The Morgan fingerprint density at radius 3 is 2.79 bits per heavy atom. The van der Waals surface area contributed by atoms with E-state index in [1.165, 1.54) is 5.69 Å². The van der Waals surface area contributed by atoms with E-state index >= 15 is 0 Å². The van der Waals surface area contributed by atoms with Crippen molar-refractivity contribution >= 4 is 0 Å². The van der Waals surface area contributed by atoms with Gasteiger partial charge in [-0.2, -0.15) is 5.26 Å². The third-order valence-corrected chi connectivity index (χ3v) is 3.29. The number of nitrogens with one attached hydrogen (secondary N) is 1. The zero-order valence-corrected chi connectivity index (χ0v) is 12.7. The SMILES string of the molecule is CC(C)CNCc1cccn1CCCC(C)(C)C#N. The Balaban J connectivity index is 2.39. The number of nitrogens with zero attached hydrogens (tertiary/aromatic N) is 2. The van der Waals surface area contributed by atoms with Gasteiger partial charge in [0.1, 0.15) is 0 Å². The molecule has 19 heavy (non-hydrogen) atoms. The van der Waals surface area contributed by atoms with Gasteiger partial charge in [-0.25, -0.2) is 0 Å². The van der Waals surface area contributed by atoms with E-state index in [1.807, 2.05) is 13.8 Å². The Morgan fingerprint density at radius 2 is 2.16 bits per heavy atom. The highest BCUT2D eigenvalue weighted by molar-refractivity contribution is 5.07. The molecule has 0 aliphatic heterocycles. The molecule has 1 rings (SSSR count). The molecule has 0 saturated carbocycles. The fourth-order valence-electron chi connectivity index (χ4n) is 2.06. The Hall–Kier alpha value is -1.27. The van der Waals surface area contributed by atoms with Crippen molar-refractivity contribution in [2.75, 3.05) is 6.54 Å². The highest BCUT2D eigenvalue weighted by Gasteiger charge is 2.15. The quantitative estimate of drug-likeness (QED) is 0.777. The van der Waals surface area contributed by atoms with Gasteiger partial charge in [0.15, 0.2) is 0 Å². The van der Waals surface area contributed by atoms with Crippen LogP contribution in [-0.2, 0) is 13.1 Å². The summed E-state index contributed by atoms with van der Waals surface area (Å²) in [5.74, 6) is 0.680. The number of nitriles is 1. The molecule has 0 saturated heterocycles. The maximum atomic E-state index is 9.01. The topological polar surface area (TPSA) is 40.8 Å². The van der Waals surface area contributed by atoms with Crippen molar-refractivity contribution in [1.82, 2.24) is 9.88 Å². The largest absolute Gasteiger partial charge is 0.350 e. The van der Waals surface area contributed by atoms with Crippen LogP contribution < -0.4 is 5.32 Å². The van der Waals surface area contributed by atoms with Gasteiger partial charge in [-0.1, -0.05) is 13.8 Å². The molecule has 0 aliphatic carbocycles. The van der Waals surface area contributed by atoms with Crippen LogP contribution >= 0.6 is 0 Å². The minimum atomic E-state index is -0.205. The van der Waals surface area contributed by atoms with Crippen LogP contribution in [0.4, 0.5) is 0 Å². The molecule has 1 heterocycles. The lowest BCUT2D eigenvalue weighted by Crippen LogP contribution is -2.21. The fraction of sp³-hybridized carbons (Fsp3) is 0.688. The summed E-state index contributed by atoms with van der Waals surface area (Å²) in [5.41, 5.74) is 1.12. The van der Waals surface area contributed by atoms with Crippen LogP contribution in [0.25, 0.3) is 0 Å². The van der Waals surface area contributed by atoms with E-state index in [0.717, 1.165) is 32.5 Å². The smallest absolute Gasteiger partial charge is 0.0683 e. The van der Waals surface area contributed by atoms with Gasteiger partial charge in [0.05, 0.1) is 11.5 Å². The molecule has 0 fully saturated rings. The van der Waals surface area contributed by atoms with Gasteiger partial charge in [0.2, 0.25) is 0 Å². The Kier molecular flexibility index (Phi) is 6.11. The average Bonchev–Trinajstić information content (AvgIpc) is 2.76. The van der Waals surface area contributed by atoms with Gasteiger partial charge in [-0.3, -0.25) is 0 Å². The molecule has 0 aromatic carbocycles. The number of aromatic nitrogens is 1. The van der Waals surface area contributed by atoms with E-state index in [9.17, 15) is 0 Å². The summed E-state index contributed by atoms with van der Waals surface area (Å²) in [6, 6.07) is 6.63. The molecule has 0 amide bonds. The molecule has 3 heteroatoms. The van der Waals surface area contributed by atoms with Crippen molar-refractivity contribution in [3.8, 4) is 6.07 Å². The van der Waals surface area contributed by atoms with Crippen molar-refractivity contribution in [3.63, 3.8) is 0 Å². The molecule has 0 spiro atoms. The minimum absolute atomic E-state index is 0.205. The molecular weight excluding hydrogens is 234 g/mol. The van der Waals surface area contributed by atoms with Crippen LogP contribution in [0, 0.1) is 22.7 Å². The van der Waals surface area contributed by atoms with Crippen molar-refractivity contribution in [2.45, 2.75) is 53.6 Å². The number of hydrogen-bond acceptors (Lipinski definition) is 2. The van der Waals surface area contributed by atoms with Crippen molar-refractivity contribution in [2.24, 2.45) is 11.3 Å². The highest BCUT2D eigenvalue weighted by atomic mass is 15.0. The molecule has 0 radical (unpaired) electrons. The normalized spacial score (nSPS) is 11.8. The highest BCUT2D eigenvalue weighted by Crippen LogP contribution is 2.21. The second-order valence-corrected chi connectivity index (χ2v) is 6.32. The molecule has 1 aromatic rings. The van der Waals surface area contributed by atoms with Crippen LogP contribution in [0.3, 0.4) is 0 Å². The second kappa shape index (κ2) is 7.35. The van der Waals surface area contributed by atoms with Gasteiger partial charge >= 0.3 is 0 Å². The second-order valence-electron chi connectivity index (χ2n) is 6.32. The zero-order chi connectivity index (χ0) is 14.3. The fourth-order valence-corrected chi connectivity index (χ4v) is 2.06. The summed E-state index contributed by atoms with van der Waals surface area (Å²) >= 11 is 0. The third-order valence-electron chi connectivity index (χ3n) is 3.29. The zero-order valence-electron chi connectivity index (χ0n) is 12.7. The van der Waals surface area contributed by atoms with Crippen LogP contribution in [-0.4, -0.2) is 11.1 Å². The lowest BCUT2D eigenvalue weighted by Gasteiger charge is -2.16. The van der Waals surface area contributed by atoms with E-state index in [4.69, 9.17) is 5.26 Å². The lowest BCUT2D eigenvalue weighted by atomic mass is 9.90. The Labute approximate surface area is 117 Å². The first-order chi connectivity index (χ1) is 8.94. The summed E-state index contributed by atoms with van der Waals surface area (Å²) in [5, 5.41) is 12.5. The van der Waals surface area contributed by atoms with E-state index < -0.39 is 0 Å². The standard InChI is InChI=1S/C16H27N3/c1-14(2)11-18-12-15-7-5-9-19(15)10-6-8-16(3,4)13-17/h5,7,9,14,18H,6,8,10-12H2,1-4H3. The molecule has 1 aromatic heterocycles. The third kappa shape index (κ3) is 5.94. The van der Waals surface area contributed by atoms with Crippen LogP contribution in [0.2, 0.25) is 0 Å². The molecular formula is C16H27N3. The first-order valence-electron chi connectivity index (χ1n) is 7.20. The molecule has 1 N–H and O–H groups in total. The number of aryl methyl sites for hydroxylation is 1. The number of hydrogen-bond donors (Lipinski definition) is 1. The van der Waals surface area contributed by atoms with Gasteiger partial charge in [-0.05, 0) is 51.3 Å². The van der Waals surface area contributed by atoms with E-state index in [0.29, 0.717) is 5.92 Å². The average molecular weight is 261 g/mol. The monoisotopic (exact) mass is 261 g/mol. The van der Waals surface area contributed by atoms with Gasteiger partial charge in [0.25, 0.3) is 0 Å². The summed E-state index contributed by atoms with van der Waals surface area (Å²) in [4.78, 5) is 0. The molecule has 3 nitrogen and oxygen atoms in total. The van der Waals surface area contributed by atoms with Gasteiger partial charge in [0, 0.05) is 25.0 Å². The van der Waals surface area contributed by atoms with E-state index in [1.54, 1.807) is 0 Å². The molecule has 0 bridgehead atoms. The summed E-state index contributed by atoms with van der Waals surface area (Å²) in [7, 11) is 0. The predicted octanol–water partition coefficient (Wildman–Crippen LogP) is 3.56. The predicted molar refractivity (Wildman–Crippen MR) is 79.6 cm³/mol. The van der Waals surface area contributed by atoms with Crippen molar-refractivity contribution in [1.29, 1.82) is 5.26 Å². The lowest BCUT2D eigenvalue weighted by molar-refractivity contribution is 0.412. The molecule has 0 atom stereocenters. The first-order valence-corrected chi connectivity index (χ1v) is 7.20. The van der Waals surface area contributed by atoms with Crippen LogP contribution in [0.5, 0.6) is 0 Å².